The first kappa shape index (κ1) is 20.5. The molecule has 1 aromatic heterocycles. The van der Waals surface area contributed by atoms with Crippen LogP contribution in [0, 0.1) is 0 Å². The van der Waals surface area contributed by atoms with Gasteiger partial charge in [0.1, 0.15) is 11.4 Å². The van der Waals surface area contributed by atoms with Gasteiger partial charge < -0.3 is 10.1 Å². The van der Waals surface area contributed by atoms with Crippen LogP contribution in [0.4, 0.5) is 11.4 Å². The van der Waals surface area contributed by atoms with Gasteiger partial charge in [-0.1, -0.05) is 41.4 Å². The second-order valence-electron chi connectivity index (χ2n) is 6.35. The molecule has 5 nitrogen and oxygen atoms in total. The predicted molar refractivity (Wildman–Crippen MR) is 121 cm³/mol. The molecule has 0 unspecified atom stereocenters. The molecule has 2 aromatic carbocycles. The van der Waals surface area contributed by atoms with Crippen molar-refractivity contribution in [2.45, 2.75) is 6.92 Å². The monoisotopic (exact) mass is 458 g/mol. The second-order valence-corrected chi connectivity index (χ2v) is 8.18. The van der Waals surface area contributed by atoms with Gasteiger partial charge in [0.05, 0.1) is 23.6 Å². The number of nitrogens with one attached hydrogen (secondary N) is 1. The molecule has 0 radical (unpaired) electrons. The van der Waals surface area contributed by atoms with Gasteiger partial charge in [-0.25, -0.2) is 4.90 Å². The van der Waals surface area contributed by atoms with E-state index in [1.165, 1.54) is 23.5 Å². The fraction of sp³-hybridized carbons (Fsp3) is 0.0909. The van der Waals surface area contributed by atoms with Crippen molar-refractivity contribution in [3.05, 3.63) is 80.6 Å². The lowest BCUT2D eigenvalue weighted by molar-refractivity contribution is -0.120. The Morgan fingerprint density at radius 2 is 1.73 bits per heavy atom. The Morgan fingerprint density at radius 3 is 2.40 bits per heavy atom. The predicted octanol–water partition coefficient (Wildman–Crippen LogP) is 5.85. The van der Waals surface area contributed by atoms with E-state index in [0.717, 1.165) is 4.90 Å². The van der Waals surface area contributed by atoms with E-state index in [4.69, 9.17) is 27.9 Å². The van der Waals surface area contributed by atoms with Crippen LogP contribution in [0.15, 0.2) is 65.7 Å². The van der Waals surface area contributed by atoms with E-state index in [9.17, 15) is 9.59 Å². The third kappa shape index (κ3) is 3.81. The summed E-state index contributed by atoms with van der Waals surface area (Å²) in [5.74, 6) is -0.354. The Kier molecular flexibility index (Phi) is 5.81. The van der Waals surface area contributed by atoms with Crippen molar-refractivity contribution in [1.29, 1.82) is 0 Å². The summed E-state index contributed by atoms with van der Waals surface area (Å²) in [7, 11) is 0. The van der Waals surface area contributed by atoms with Crippen molar-refractivity contribution in [2.75, 3.05) is 16.8 Å². The van der Waals surface area contributed by atoms with E-state index in [0.29, 0.717) is 38.7 Å². The van der Waals surface area contributed by atoms with Gasteiger partial charge in [-0.05, 0) is 48.7 Å². The highest BCUT2D eigenvalue weighted by atomic mass is 35.5. The van der Waals surface area contributed by atoms with E-state index >= 15 is 0 Å². The van der Waals surface area contributed by atoms with Gasteiger partial charge in [0.15, 0.2) is 0 Å². The zero-order valence-electron chi connectivity index (χ0n) is 15.8. The molecule has 0 spiro atoms. The molecule has 152 valence electrons. The Balaban J connectivity index is 1.81. The summed E-state index contributed by atoms with van der Waals surface area (Å²) in [5, 5.41) is 5.64. The van der Waals surface area contributed by atoms with Crippen LogP contribution in [0.25, 0.3) is 5.57 Å². The van der Waals surface area contributed by atoms with Gasteiger partial charge in [0.2, 0.25) is 0 Å². The molecule has 1 aliphatic heterocycles. The number of para-hydroxylation sites is 2. The number of anilines is 2. The van der Waals surface area contributed by atoms with Crippen molar-refractivity contribution in [1.82, 2.24) is 0 Å². The average molecular weight is 459 g/mol. The molecule has 0 atom stereocenters. The largest absolute Gasteiger partial charge is 0.492 e. The quantitative estimate of drug-likeness (QED) is 0.470. The molecule has 1 aliphatic rings. The summed E-state index contributed by atoms with van der Waals surface area (Å²) >= 11 is 13.6. The van der Waals surface area contributed by atoms with Gasteiger partial charge in [-0.2, -0.15) is 0 Å². The molecule has 1 N–H and O–H groups in total. The number of carbonyl (C=O) groups is 2. The Morgan fingerprint density at radius 1 is 1.00 bits per heavy atom. The fourth-order valence-corrected chi connectivity index (χ4v) is 4.47. The number of ether oxygens (including phenoxy) is 1. The SMILES string of the molecule is CCOc1ccccc1NC1=C(c2cccs2)C(=O)N(c2cc(Cl)cc(Cl)c2)C1=O. The minimum Gasteiger partial charge on any atom is -0.492 e. The smallest absolute Gasteiger partial charge is 0.282 e. The third-order valence-corrected chi connectivity index (χ3v) is 5.73. The highest BCUT2D eigenvalue weighted by Crippen LogP contribution is 2.38. The number of carbonyl (C=O) groups excluding carboxylic acids is 2. The Bertz CT molecular complexity index is 1140. The fourth-order valence-electron chi connectivity index (χ4n) is 3.18. The maximum absolute atomic E-state index is 13.4. The maximum Gasteiger partial charge on any atom is 0.282 e. The summed E-state index contributed by atoms with van der Waals surface area (Å²) in [6.45, 7) is 2.34. The number of imide groups is 1. The van der Waals surface area contributed by atoms with Crippen molar-refractivity contribution in [3.63, 3.8) is 0 Å². The van der Waals surface area contributed by atoms with E-state index in [-0.39, 0.29) is 11.3 Å². The van der Waals surface area contributed by atoms with Crippen LogP contribution in [0.5, 0.6) is 5.75 Å². The summed E-state index contributed by atoms with van der Waals surface area (Å²) in [6.07, 6.45) is 0. The lowest BCUT2D eigenvalue weighted by Gasteiger charge is -2.16. The number of hydrogen-bond donors (Lipinski definition) is 1. The minimum atomic E-state index is -0.493. The number of halogens is 2. The summed E-state index contributed by atoms with van der Waals surface area (Å²) in [5.41, 5.74) is 1.37. The standard InChI is InChI=1S/C22H16Cl2N2O3S/c1-2-29-17-7-4-3-6-16(17)25-20-19(18-8-5-9-30-18)21(27)26(22(20)28)15-11-13(23)10-14(24)12-15/h3-12,25H,2H2,1H3. The van der Waals surface area contributed by atoms with Crippen LogP contribution in [-0.2, 0) is 9.59 Å². The normalized spacial score (nSPS) is 13.9. The van der Waals surface area contributed by atoms with Crippen LogP contribution in [-0.4, -0.2) is 18.4 Å². The number of amides is 2. The highest BCUT2D eigenvalue weighted by Gasteiger charge is 2.41. The molecule has 0 saturated heterocycles. The number of nitrogens with zero attached hydrogens (tertiary/aromatic N) is 1. The average Bonchev–Trinajstić information content (AvgIpc) is 3.30. The van der Waals surface area contributed by atoms with Crippen molar-refractivity contribution in [2.24, 2.45) is 0 Å². The van der Waals surface area contributed by atoms with E-state index < -0.39 is 11.8 Å². The molecule has 4 rings (SSSR count). The molecule has 2 amide bonds. The van der Waals surface area contributed by atoms with Crippen LogP contribution in [0.2, 0.25) is 10.0 Å². The zero-order chi connectivity index (χ0) is 21.3. The first-order valence-corrected chi connectivity index (χ1v) is 10.7. The molecule has 0 fully saturated rings. The third-order valence-electron chi connectivity index (χ3n) is 4.40. The molecule has 3 aromatic rings. The molecule has 30 heavy (non-hydrogen) atoms. The maximum atomic E-state index is 13.4. The molecular formula is C22H16Cl2N2O3S. The van der Waals surface area contributed by atoms with Gasteiger partial charge in [-0.15, -0.1) is 11.3 Å². The first-order chi connectivity index (χ1) is 14.5. The first-order valence-electron chi connectivity index (χ1n) is 9.11. The molecule has 0 bridgehead atoms. The number of thiophene rings is 1. The van der Waals surface area contributed by atoms with E-state index in [1.807, 2.05) is 30.5 Å². The summed E-state index contributed by atoms with van der Waals surface area (Å²) in [4.78, 5) is 28.5. The topological polar surface area (TPSA) is 58.6 Å². The highest BCUT2D eigenvalue weighted by molar-refractivity contribution is 7.11. The van der Waals surface area contributed by atoms with Crippen molar-refractivity contribution in [3.8, 4) is 5.75 Å². The van der Waals surface area contributed by atoms with Crippen molar-refractivity contribution < 1.29 is 14.3 Å². The lowest BCUT2D eigenvalue weighted by Crippen LogP contribution is -2.32. The summed E-state index contributed by atoms with van der Waals surface area (Å²) < 4.78 is 5.65. The molecule has 2 heterocycles. The number of benzene rings is 2. The van der Waals surface area contributed by atoms with E-state index in [1.54, 1.807) is 24.3 Å². The molecule has 0 aliphatic carbocycles. The van der Waals surface area contributed by atoms with Crippen LogP contribution in [0.3, 0.4) is 0 Å². The van der Waals surface area contributed by atoms with Crippen LogP contribution >= 0.6 is 34.5 Å². The Hall–Kier alpha value is -2.80. The van der Waals surface area contributed by atoms with Crippen LogP contribution < -0.4 is 15.0 Å². The number of rotatable bonds is 6. The molecule has 0 saturated carbocycles. The van der Waals surface area contributed by atoms with Gasteiger partial charge >= 0.3 is 0 Å². The minimum absolute atomic E-state index is 0.172. The lowest BCUT2D eigenvalue weighted by atomic mass is 10.1. The van der Waals surface area contributed by atoms with Gasteiger partial charge in [0.25, 0.3) is 11.8 Å². The van der Waals surface area contributed by atoms with Gasteiger partial charge in [0, 0.05) is 14.9 Å². The second kappa shape index (κ2) is 8.52. The van der Waals surface area contributed by atoms with E-state index in [2.05, 4.69) is 5.32 Å². The zero-order valence-corrected chi connectivity index (χ0v) is 18.1. The van der Waals surface area contributed by atoms with Gasteiger partial charge in [-0.3, -0.25) is 9.59 Å². The molecular weight excluding hydrogens is 443 g/mol. The van der Waals surface area contributed by atoms with Crippen molar-refractivity contribution >= 4 is 63.3 Å². The molecule has 8 heteroatoms. The number of hydrogen-bond acceptors (Lipinski definition) is 5. The Labute approximate surface area is 187 Å². The summed E-state index contributed by atoms with van der Waals surface area (Å²) in [6, 6.07) is 15.5. The van der Waals surface area contributed by atoms with Crippen LogP contribution in [0.1, 0.15) is 11.8 Å².